The molecule has 4 aromatic rings. The zero-order valence-corrected chi connectivity index (χ0v) is 21.8. The Morgan fingerprint density at radius 1 is 0.971 bits per heavy atom. The molecule has 5 rings (SSSR count). The highest BCUT2D eigenvalue weighted by atomic mass is 79.9. The number of rotatable bonds is 4. The fourth-order valence-corrected chi connectivity index (χ4v) is 5.46. The number of imidazole rings is 1. The van der Waals surface area contributed by atoms with Crippen LogP contribution in [-0.4, -0.2) is 22.8 Å². The van der Waals surface area contributed by atoms with Crippen molar-refractivity contribution in [2.45, 2.75) is 25.6 Å². The molecule has 0 spiro atoms. The monoisotopic (exact) mass is 606 g/mol. The van der Waals surface area contributed by atoms with Crippen LogP contribution in [0.5, 0.6) is 11.5 Å². The molecule has 0 bridgehead atoms. The molecule has 0 aliphatic carbocycles. The third kappa shape index (κ3) is 4.71. The van der Waals surface area contributed by atoms with E-state index in [2.05, 4.69) is 36.8 Å². The third-order valence-electron chi connectivity index (χ3n) is 5.68. The van der Waals surface area contributed by atoms with Crippen LogP contribution in [0.25, 0.3) is 33.8 Å². The van der Waals surface area contributed by atoms with Crippen LogP contribution in [-0.2, 0) is 5.60 Å². The summed E-state index contributed by atoms with van der Waals surface area (Å²) in [5.41, 5.74) is 4.23. The number of hydrogen-bond acceptors (Lipinski definition) is 3. The van der Waals surface area contributed by atoms with Crippen LogP contribution >= 0.6 is 31.9 Å². The SMILES string of the molecule is CC1(C)Oc2cc(-c3cccc(OCC(F)(F)F)c3)ccc2-c2nc(-c3c(Br)cccc3Br)[nH]c21. The lowest BCUT2D eigenvalue weighted by atomic mass is 9.93. The molecule has 0 saturated carbocycles. The van der Waals surface area contributed by atoms with Gasteiger partial charge in [0.25, 0.3) is 0 Å². The lowest BCUT2D eigenvalue weighted by Crippen LogP contribution is -2.29. The Balaban J connectivity index is 1.54. The third-order valence-corrected chi connectivity index (χ3v) is 7.00. The molecule has 2 heterocycles. The maximum absolute atomic E-state index is 12.5. The summed E-state index contributed by atoms with van der Waals surface area (Å²) in [5, 5.41) is 0. The van der Waals surface area contributed by atoms with Crippen molar-refractivity contribution in [2.75, 3.05) is 6.61 Å². The Morgan fingerprint density at radius 3 is 2.37 bits per heavy atom. The van der Waals surface area contributed by atoms with Gasteiger partial charge < -0.3 is 14.5 Å². The molecule has 35 heavy (non-hydrogen) atoms. The molecule has 0 unspecified atom stereocenters. The van der Waals surface area contributed by atoms with Crippen LogP contribution in [0.1, 0.15) is 19.5 Å². The van der Waals surface area contributed by atoms with E-state index in [1.165, 1.54) is 6.07 Å². The molecule has 0 fully saturated rings. The van der Waals surface area contributed by atoms with Crippen molar-refractivity contribution in [3.63, 3.8) is 0 Å². The standard InChI is InChI=1S/C26H19Br2F3N2O2/c1-25(2)23-22(32-24(33-23)21-18(27)7-4-8-19(21)28)17-10-9-15(12-20(17)35-25)14-5-3-6-16(11-14)34-13-26(29,30)31/h3-12H,13H2,1-2H3,(H,32,33). The number of fused-ring (bicyclic) bond motifs is 3. The van der Waals surface area contributed by atoms with E-state index < -0.39 is 18.4 Å². The maximum atomic E-state index is 12.5. The van der Waals surface area contributed by atoms with Gasteiger partial charge in [-0.1, -0.05) is 24.3 Å². The number of alkyl halides is 3. The number of ether oxygens (including phenoxy) is 2. The van der Waals surface area contributed by atoms with Crippen molar-refractivity contribution in [1.29, 1.82) is 0 Å². The molecule has 1 aromatic heterocycles. The molecule has 1 aliphatic rings. The molecule has 0 saturated heterocycles. The van der Waals surface area contributed by atoms with E-state index in [1.54, 1.807) is 12.1 Å². The molecular weight excluding hydrogens is 589 g/mol. The molecule has 4 nitrogen and oxygen atoms in total. The molecule has 0 atom stereocenters. The minimum absolute atomic E-state index is 0.150. The largest absolute Gasteiger partial charge is 0.484 e. The van der Waals surface area contributed by atoms with Gasteiger partial charge in [-0.05, 0) is 93.2 Å². The summed E-state index contributed by atoms with van der Waals surface area (Å²) in [4.78, 5) is 8.36. The number of H-pyrrole nitrogens is 1. The maximum Gasteiger partial charge on any atom is 0.422 e. The lowest BCUT2D eigenvalue weighted by Gasteiger charge is -2.32. The number of aromatic nitrogens is 2. The second-order valence-electron chi connectivity index (χ2n) is 8.66. The fourth-order valence-electron chi connectivity index (χ4n) is 4.08. The molecule has 0 radical (unpaired) electrons. The predicted octanol–water partition coefficient (Wildman–Crippen LogP) is 8.50. The minimum Gasteiger partial charge on any atom is -0.484 e. The quantitative estimate of drug-likeness (QED) is 0.253. The van der Waals surface area contributed by atoms with E-state index in [0.29, 0.717) is 11.6 Å². The highest BCUT2D eigenvalue weighted by Gasteiger charge is 2.36. The Kier molecular flexibility index (Phi) is 5.96. The van der Waals surface area contributed by atoms with Gasteiger partial charge in [-0.15, -0.1) is 0 Å². The second kappa shape index (κ2) is 8.71. The molecule has 180 valence electrons. The number of halogens is 5. The average Bonchev–Trinajstić information content (AvgIpc) is 3.23. The molecule has 9 heteroatoms. The fraction of sp³-hybridized carbons (Fsp3) is 0.192. The summed E-state index contributed by atoms with van der Waals surface area (Å²) in [6, 6.07) is 18.1. The first-order valence-corrected chi connectivity index (χ1v) is 12.3. The molecule has 3 aromatic carbocycles. The van der Waals surface area contributed by atoms with Crippen molar-refractivity contribution in [3.05, 3.63) is 75.3 Å². The normalized spacial score (nSPS) is 14.1. The Hall–Kier alpha value is -2.78. The number of nitrogens with one attached hydrogen (secondary N) is 1. The second-order valence-corrected chi connectivity index (χ2v) is 10.4. The first-order chi connectivity index (χ1) is 16.5. The van der Waals surface area contributed by atoms with Crippen molar-refractivity contribution in [3.8, 4) is 45.3 Å². The van der Waals surface area contributed by atoms with Gasteiger partial charge in [0.15, 0.2) is 6.61 Å². The van der Waals surface area contributed by atoms with Gasteiger partial charge in [0.05, 0.1) is 11.4 Å². The number of nitrogens with zero attached hydrogens (tertiary/aromatic N) is 1. The van der Waals surface area contributed by atoms with E-state index >= 15 is 0 Å². The van der Waals surface area contributed by atoms with Crippen LogP contribution in [0.15, 0.2) is 69.6 Å². The molecule has 0 amide bonds. The Morgan fingerprint density at radius 2 is 1.66 bits per heavy atom. The van der Waals surface area contributed by atoms with Gasteiger partial charge in [-0.3, -0.25) is 0 Å². The topological polar surface area (TPSA) is 47.1 Å². The summed E-state index contributed by atoms with van der Waals surface area (Å²) in [7, 11) is 0. The summed E-state index contributed by atoms with van der Waals surface area (Å²) in [6.45, 7) is 2.59. The van der Waals surface area contributed by atoms with Crippen LogP contribution in [0, 0.1) is 0 Å². The van der Waals surface area contributed by atoms with Crippen LogP contribution in [0.4, 0.5) is 13.2 Å². The van der Waals surface area contributed by atoms with Crippen LogP contribution in [0.2, 0.25) is 0 Å². The predicted molar refractivity (Wildman–Crippen MR) is 135 cm³/mol. The van der Waals surface area contributed by atoms with E-state index in [-0.39, 0.29) is 5.75 Å². The van der Waals surface area contributed by atoms with Gasteiger partial charge >= 0.3 is 6.18 Å². The highest BCUT2D eigenvalue weighted by molar-refractivity contribution is 9.11. The summed E-state index contributed by atoms with van der Waals surface area (Å²) >= 11 is 7.21. The first-order valence-electron chi connectivity index (χ1n) is 10.7. The van der Waals surface area contributed by atoms with Crippen molar-refractivity contribution in [1.82, 2.24) is 9.97 Å². The zero-order chi connectivity index (χ0) is 25.0. The first kappa shape index (κ1) is 23.9. The Labute approximate surface area is 216 Å². The van der Waals surface area contributed by atoms with E-state index in [0.717, 1.165) is 42.6 Å². The van der Waals surface area contributed by atoms with Gasteiger partial charge in [0, 0.05) is 20.1 Å². The Bertz CT molecular complexity index is 1410. The van der Waals surface area contributed by atoms with Crippen LogP contribution < -0.4 is 9.47 Å². The number of aromatic amines is 1. The van der Waals surface area contributed by atoms with Crippen molar-refractivity contribution in [2.24, 2.45) is 0 Å². The molecule has 1 aliphatic heterocycles. The van der Waals surface area contributed by atoms with Crippen molar-refractivity contribution < 1.29 is 22.6 Å². The smallest absolute Gasteiger partial charge is 0.422 e. The zero-order valence-electron chi connectivity index (χ0n) is 18.6. The average molecular weight is 608 g/mol. The van der Waals surface area contributed by atoms with Crippen LogP contribution in [0.3, 0.4) is 0 Å². The van der Waals surface area contributed by atoms with Crippen molar-refractivity contribution >= 4 is 31.9 Å². The summed E-state index contributed by atoms with van der Waals surface area (Å²) in [6.07, 6.45) is -4.40. The number of hydrogen-bond donors (Lipinski definition) is 1. The van der Waals surface area contributed by atoms with Gasteiger partial charge in [-0.2, -0.15) is 13.2 Å². The van der Waals surface area contributed by atoms with Gasteiger partial charge in [0.2, 0.25) is 0 Å². The summed E-state index contributed by atoms with van der Waals surface area (Å²) < 4.78 is 50.7. The van der Waals surface area contributed by atoms with Gasteiger partial charge in [0.1, 0.15) is 22.9 Å². The minimum atomic E-state index is -4.40. The van der Waals surface area contributed by atoms with E-state index in [9.17, 15) is 13.2 Å². The highest BCUT2D eigenvalue weighted by Crippen LogP contribution is 2.47. The molecule has 1 N–H and O–H groups in total. The van der Waals surface area contributed by atoms with E-state index in [1.807, 2.05) is 56.3 Å². The van der Waals surface area contributed by atoms with Gasteiger partial charge in [-0.25, -0.2) is 4.98 Å². The summed E-state index contributed by atoms with van der Waals surface area (Å²) in [5.74, 6) is 1.50. The van der Waals surface area contributed by atoms with E-state index in [4.69, 9.17) is 14.5 Å². The molecular formula is C26H19Br2F3N2O2. The lowest BCUT2D eigenvalue weighted by molar-refractivity contribution is -0.153. The number of benzene rings is 3.